The van der Waals surface area contributed by atoms with Crippen LogP contribution in [0.2, 0.25) is 0 Å². The fourth-order valence-corrected chi connectivity index (χ4v) is 1.12. The number of oxazole rings is 1. The number of rotatable bonds is 2. The molecule has 0 saturated carbocycles. The Hall–Kier alpha value is -1.78. The summed E-state index contributed by atoms with van der Waals surface area (Å²) >= 11 is 0. The van der Waals surface area contributed by atoms with Crippen molar-refractivity contribution in [3.05, 3.63) is 40.7 Å². The fraction of sp³-hybridized carbons (Fsp3) is 0.250. The second-order valence-corrected chi connectivity index (χ2v) is 2.74. The third-order valence-electron chi connectivity index (χ3n) is 1.72. The van der Waals surface area contributed by atoms with Crippen molar-refractivity contribution < 1.29 is 4.42 Å². The van der Waals surface area contributed by atoms with Gasteiger partial charge < -0.3 is 9.40 Å². The monoisotopic (exact) mass is 179 g/mol. The van der Waals surface area contributed by atoms with E-state index >= 15 is 0 Å². The quantitative estimate of drug-likeness (QED) is 0.731. The van der Waals surface area contributed by atoms with Gasteiger partial charge in [0.05, 0.1) is 12.7 Å². The van der Waals surface area contributed by atoms with Crippen LogP contribution < -0.4 is 5.69 Å². The van der Waals surface area contributed by atoms with Crippen LogP contribution in [-0.2, 0) is 6.54 Å². The molecule has 1 N–H and O–H groups in total. The van der Waals surface area contributed by atoms with E-state index in [1.54, 1.807) is 25.5 Å². The summed E-state index contributed by atoms with van der Waals surface area (Å²) in [5, 5.41) is 0. The van der Waals surface area contributed by atoms with E-state index in [1.165, 1.54) is 4.57 Å². The van der Waals surface area contributed by atoms with E-state index in [-0.39, 0.29) is 5.69 Å². The molecule has 0 aliphatic carbocycles. The molecular formula is C8H9N3O2. The normalized spacial score (nSPS) is 10.5. The number of aryl methyl sites for hydroxylation is 1. The van der Waals surface area contributed by atoms with Gasteiger partial charge in [0.2, 0.25) is 0 Å². The maximum atomic E-state index is 11.1. The molecule has 2 aromatic heterocycles. The Morgan fingerprint density at radius 2 is 2.54 bits per heavy atom. The van der Waals surface area contributed by atoms with E-state index in [4.69, 9.17) is 4.42 Å². The Kier molecular flexibility index (Phi) is 1.77. The summed E-state index contributed by atoms with van der Waals surface area (Å²) < 4.78 is 6.74. The topological polar surface area (TPSA) is 63.8 Å². The first kappa shape index (κ1) is 7.85. The number of nitrogens with one attached hydrogen (secondary N) is 1. The molecule has 0 aromatic carbocycles. The smallest absolute Gasteiger partial charge is 0.325 e. The third-order valence-corrected chi connectivity index (χ3v) is 1.72. The fourth-order valence-electron chi connectivity index (χ4n) is 1.12. The Balaban J connectivity index is 2.24. The molecule has 5 nitrogen and oxygen atoms in total. The largest absolute Gasteiger partial charge is 0.444 e. The molecule has 0 radical (unpaired) electrons. The van der Waals surface area contributed by atoms with E-state index in [0.717, 1.165) is 0 Å². The van der Waals surface area contributed by atoms with Crippen LogP contribution in [0.15, 0.2) is 27.8 Å². The number of aromatic nitrogens is 3. The van der Waals surface area contributed by atoms with Crippen molar-refractivity contribution in [3.8, 4) is 0 Å². The molecule has 0 atom stereocenters. The van der Waals surface area contributed by atoms with E-state index in [0.29, 0.717) is 18.2 Å². The minimum absolute atomic E-state index is 0.144. The number of nitrogens with zero attached hydrogens (tertiary/aromatic N) is 2. The molecule has 2 aromatic rings. The summed E-state index contributed by atoms with van der Waals surface area (Å²) in [5.74, 6) is 1.29. The highest BCUT2D eigenvalue weighted by atomic mass is 16.4. The summed E-state index contributed by atoms with van der Waals surface area (Å²) in [6, 6.07) is 0. The third kappa shape index (κ3) is 1.53. The van der Waals surface area contributed by atoms with Crippen LogP contribution in [0.1, 0.15) is 11.7 Å². The maximum absolute atomic E-state index is 11.1. The summed E-state index contributed by atoms with van der Waals surface area (Å²) in [5.41, 5.74) is -0.144. The standard InChI is InChI=1S/C8H9N3O2/c1-6-10-4-7(13-6)5-11-3-2-9-8(11)12/h2-4H,5H2,1H3,(H,9,12). The average molecular weight is 179 g/mol. The number of imidazole rings is 1. The Morgan fingerprint density at radius 3 is 3.08 bits per heavy atom. The summed E-state index contributed by atoms with van der Waals surface area (Å²) in [6.07, 6.45) is 4.88. The molecule has 5 heteroatoms. The lowest BCUT2D eigenvalue weighted by Gasteiger charge is -1.94. The Morgan fingerprint density at radius 1 is 1.69 bits per heavy atom. The van der Waals surface area contributed by atoms with Crippen LogP contribution in [0.5, 0.6) is 0 Å². The first-order valence-corrected chi connectivity index (χ1v) is 3.91. The predicted octanol–water partition coefficient (Wildman–Crippen LogP) is 0.521. The first-order valence-electron chi connectivity index (χ1n) is 3.91. The van der Waals surface area contributed by atoms with Gasteiger partial charge in [0.25, 0.3) is 0 Å². The molecular weight excluding hydrogens is 170 g/mol. The highest BCUT2D eigenvalue weighted by Crippen LogP contribution is 2.02. The zero-order valence-corrected chi connectivity index (χ0v) is 7.15. The van der Waals surface area contributed by atoms with Gasteiger partial charge in [-0.1, -0.05) is 0 Å². The predicted molar refractivity (Wildman–Crippen MR) is 45.4 cm³/mol. The molecule has 0 bridgehead atoms. The zero-order valence-electron chi connectivity index (χ0n) is 7.15. The van der Waals surface area contributed by atoms with Gasteiger partial charge in [0.1, 0.15) is 5.76 Å². The summed E-state index contributed by atoms with van der Waals surface area (Å²) in [4.78, 5) is 17.6. The number of H-pyrrole nitrogens is 1. The molecule has 0 unspecified atom stereocenters. The van der Waals surface area contributed by atoms with Crippen molar-refractivity contribution >= 4 is 0 Å². The molecule has 2 heterocycles. The van der Waals surface area contributed by atoms with Gasteiger partial charge in [0.15, 0.2) is 5.89 Å². The van der Waals surface area contributed by atoms with Gasteiger partial charge in [-0.2, -0.15) is 0 Å². The average Bonchev–Trinajstić information content (AvgIpc) is 2.64. The van der Waals surface area contributed by atoms with Crippen LogP contribution in [0, 0.1) is 6.92 Å². The molecule has 13 heavy (non-hydrogen) atoms. The van der Waals surface area contributed by atoms with Crippen molar-refractivity contribution in [1.29, 1.82) is 0 Å². The number of hydrogen-bond donors (Lipinski definition) is 1. The molecule has 0 amide bonds. The molecule has 68 valence electrons. The molecule has 0 saturated heterocycles. The van der Waals surface area contributed by atoms with Gasteiger partial charge >= 0.3 is 5.69 Å². The second-order valence-electron chi connectivity index (χ2n) is 2.74. The second kappa shape index (κ2) is 2.93. The minimum Gasteiger partial charge on any atom is -0.444 e. The molecule has 2 rings (SSSR count). The van der Waals surface area contributed by atoms with Crippen LogP contribution in [0.3, 0.4) is 0 Å². The van der Waals surface area contributed by atoms with Crippen LogP contribution in [-0.4, -0.2) is 14.5 Å². The van der Waals surface area contributed by atoms with Gasteiger partial charge in [-0.15, -0.1) is 0 Å². The van der Waals surface area contributed by atoms with Gasteiger partial charge in [-0.05, 0) is 0 Å². The van der Waals surface area contributed by atoms with Crippen LogP contribution in [0.25, 0.3) is 0 Å². The van der Waals surface area contributed by atoms with Crippen molar-refractivity contribution in [1.82, 2.24) is 14.5 Å². The molecule has 0 aliphatic heterocycles. The lowest BCUT2D eigenvalue weighted by Crippen LogP contribution is -2.16. The minimum atomic E-state index is -0.144. The Labute approximate surface area is 74.0 Å². The van der Waals surface area contributed by atoms with E-state index in [2.05, 4.69) is 9.97 Å². The summed E-state index contributed by atoms with van der Waals surface area (Å²) in [7, 11) is 0. The van der Waals surface area contributed by atoms with Crippen LogP contribution in [0.4, 0.5) is 0 Å². The van der Waals surface area contributed by atoms with E-state index in [1.807, 2.05) is 0 Å². The van der Waals surface area contributed by atoms with Crippen molar-refractivity contribution in [3.63, 3.8) is 0 Å². The Bertz CT molecular complexity index is 452. The van der Waals surface area contributed by atoms with E-state index < -0.39 is 0 Å². The number of aromatic amines is 1. The SMILES string of the molecule is Cc1ncc(Cn2cc[nH]c2=O)o1. The van der Waals surface area contributed by atoms with Gasteiger partial charge in [-0.25, -0.2) is 9.78 Å². The number of hydrogen-bond acceptors (Lipinski definition) is 3. The first-order chi connectivity index (χ1) is 6.25. The molecule has 0 spiro atoms. The van der Waals surface area contributed by atoms with Gasteiger partial charge in [0, 0.05) is 19.3 Å². The lowest BCUT2D eigenvalue weighted by atomic mass is 10.5. The molecule has 0 fully saturated rings. The van der Waals surface area contributed by atoms with Crippen molar-refractivity contribution in [2.24, 2.45) is 0 Å². The van der Waals surface area contributed by atoms with Gasteiger partial charge in [-0.3, -0.25) is 4.57 Å². The maximum Gasteiger partial charge on any atom is 0.325 e. The summed E-state index contributed by atoms with van der Waals surface area (Å²) in [6.45, 7) is 2.19. The lowest BCUT2D eigenvalue weighted by molar-refractivity contribution is 0.460. The highest BCUT2D eigenvalue weighted by molar-refractivity contribution is 4.94. The van der Waals surface area contributed by atoms with Crippen LogP contribution >= 0.6 is 0 Å². The van der Waals surface area contributed by atoms with Crippen molar-refractivity contribution in [2.45, 2.75) is 13.5 Å². The van der Waals surface area contributed by atoms with E-state index in [9.17, 15) is 4.79 Å². The highest BCUT2D eigenvalue weighted by Gasteiger charge is 2.02. The molecule has 0 aliphatic rings. The van der Waals surface area contributed by atoms with Crippen molar-refractivity contribution in [2.75, 3.05) is 0 Å². The zero-order chi connectivity index (χ0) is 9.26.